The highest BCUT2D eigenvalue weighted by molar-refractivity contribution is 5.95. The first-order chi connectivity index (χ1) is 12.9. The Balaban J connectivity index is 1.62. The van der Waals surface area contributed by atoms with Crippen LogP contribution < -0.4 is 5.32 Å². The van der Waals surface area contributed by atoms with E-state index in [4.69, 9.17) is 4.74 Å². The van der Waals surface area contributed by atoms with Crippen LogP contribution in [0.1, 0.15) is 57.3 Å². The number of nitrogens with one attached hydrogen (secondary N) is 1. The number of benzene rings is 1. The second-order valence-corrected chi connectivity index (χ2v) is 7.54. The average Bonchev–Trinajstić information content (AvgIpc) is 3.07. The molecule has 1 fully saturated rings. The van der Waals surface area contributed by atoms with Crippen LogP contribution in [0.2, 0.25) is 0 Å². The molecule has 1 saturated carbocycles. The lowest BCUT2D eigenvalue weighted by molar-refractivity contribution is -0.130. The molecule has 27 heavy (non-hydrogen) atoms. The van der Waals surface area contributed by atoms with Crippen LogP contribution in [0.15, 0.2) is 18.2 Å². The summed E-state index contributed by atoms with van der Waals surface area (Å²) in [6, 6.07) is 5.26. The topological polar surface area (TPSA) is 86.1 Å². The number of esters is 1. The van der Waals surface area contributed by atoms with Crippen LogP contribution in [0, 0.1) is 11.8 Å². The highest BCUT2D eigenvalue weighted by atomic mass is 16.5. The van der Waals surface area contributed by atoms with Crippen LogP contribution in [-0.2, 0) is 16.1 Å². The van der Waals surface area contributed by atoms with Crippen molar-refractivity contribution in [2.45, 2.75) is 65.6 Å². The Morgan fingerprint density at radius 3 is 2.85 bits per heavy atom. The van der Waals surface area contributed by atoms with Gasteiger partial charge in [0.05, 0.1) is 11.1 Å². The molecule has 7 nitrogen and oxygen atoms in total. The third-order valence-electron chi connectivity index (χ3n) is 5.74. The molecule has 0 saturated heterocycles. The number of nitrogens with zero attached hydrogens (tertiary/aromatic N) is 3. The van der Waals surface area contributed by atoms with E-state index in [1.165, 1.54) is 6.42 Å². The van der Waals surface area contributed by atoms with Crippen molar-refractivity contribution >= 4 is 22.9 Å². The van der Waals surface area contributed by atoms with Crippen molar-refractivity contribution in [3.05, 3.63) is 23.8 Å². The largest absolute Gasteiger partial charge is 0.449 e. The van der Waals surface area contributed by atoms with Crippen molar-refractivity contribution in [3.8, 4) is 0 Å². The maximum Gasteiger partial charge on any atom is 0.338 e. The van der Waals surface area contributed by atoms with Crippen molar-refractivity contribution < 1.29 is 14.3 Å². The minimum atomic E-state index is -0.844. The highest BCUT2D eigenvalue weighted by Gasteiger charge is 2.30. The zero-order chi connectivity index (χ0) is 19.6. The number of fused-ring (bicyclic) bond motifs is 1. The molecular formula is C20H28N4O3. The van der Waals surface area contributed by atoms with E-state index in [1.807, 2.05) is 6.92 Å². The Hall–Kier alpha value is -2.44. The number of aryl methyl sites for hydroxylation is 1. The van der Waals surface area contributed by atoms with Crippen LogP contribution in [0.4, 0.5) is 0 Å². The van der Waals surface area contributed by atoms with Gasteiger partial charge < -0.3 is 10.1 Å². The molecule has 1 amide bonds. The summed E-state index contributed by atoms with van der Waals surface area (Å²) in [5, 5.41) is 11.2. The van der Waals surface area contributed by atoms with Crippen molar-refractivity contribution in [3.63, 3.8) is 0 Å². The Labute approximate surface area is 159 Å². The Bertz CT molecular complexity index is 832. The predicted molar refractivity (Wildman–Crippen MR) is 102 cm³/mol. The standard InChI is InChI=1S/C20H28N4O3/c1-5-24-18-10-9-15(11-17(18)22-23-24)20(26)27-14(4)19(25)21-16-8-6-7-12(2)13(16)3/h9-14,16H,5-8H2,1-4H3,(H,21,25)/t12-,13-,14+,16+/m0/s1. The van der Waals surface area contributed by atoms with Gasteiger partial charge in [-0.3, -0.25) is 4.79 Å². The SMILES string of the molecule is CCn1nnc2cc(C(=O)O[C@H](C)C(=O)N[C@@H]3CCC[C@H](C)[C@@H]3C)ccc21. The first-order valence-electron chi connectivity index (χ1n) is 9.75. The molecule has 1 aromatic heterocycles. The van der Waals surface area contributed by atoms with Gasteiger partial charge >= 0.3 is 5.97 Å². The van der Waals surface area contributed by atoms with Crippen LogP contribution in [0.25, 0.3) is 11.0 Å². The van der Waals surface area contributed by atoms with Gasteiger partial charge in [-0.05, 0) is 50.3 Å². The number of ether oxygens (including phenoxy) is 1. The first-order valence-corrected chi connectivity index (χ1v) is 9.75. The summed E-state index contributed by atoms with van der Waals surface area (Å²) in [7, 11) is 0. The molecule has 1 aromatic carbocycles. The van der Waals surface area contributed by atoms with E-state index in [0.717, 1.165) is 18.4 Å². The van der Waals surface area contributed by atoms with Crippen LogP contribution in [-0.4, -0.2) is 39.0 Å². The van der Waals surface area contributed by atoms with Gasteiger partial charge in [0.15, 0.2) is 6.10 Å². The maximum atomic E-state index is 12.5. The zero-order valence-electron chi connectivity index (χ0n) is 16.4. The Morgan fingerprint density at radius 2 is 2.11 bits per heavy atom. The Morgan fingerprint density at radius 1 is 1.33 bits per heavy atom. The summed E-state index contributed by atoms with van der Waals surface area (Å²) < 4.78 is 7.13. The number of hydrogen-bond donors (Lipinski definition) is 1. The van der Waals surface area contributed by atoms with E-state index in [0.29, 0.717) is 29.5 Å². The van der Waals surface area contributed by atoms with Crippen molar-refractivity contribution in [2.75, 3.05) is 0 Å². The quantitative estimate of drug-likeness (QED) is 0.816. The minimum absolute atomic E-state index is 0.142. The molecule has 0 aliphatic heterocycles. The summed E-state index contributed by atoms with van der Waals surface area (Å²) in [6.07, 6.45) is 2.44. The molecule has 1 heterocycles. The number of amides is 1. The minimum Gasteiger partial charge on any atom is -0.449 e. The van der Waals surface area contributed by atoms with Crippen LogP contribution >= 0.6 is 0 Å². The fourth-order valence-electron chi connectivity index (χ4n) is 3.70. The smallest absolute Gasteiger partial charge is 0.338 e. The number of hydrogen-bond acceptors (Lipinski definition) is 5. The van der Waals surface area contributed by atoms with Gasteiger partial charge in [0, 0.05) is 12.6 Å². The van der Waals surface area contributed by atoms with E-state index in [-0.39, 0.29) is 11.9 Å². The summed E-state index contributed by atoms with van der Waals surface area (Å²) in [6.45, 7) is 8.68. The molecule has 1 aliphatic rings. The van der Waals surface area contributed by atoms with E-state index >= 15 is 0 Å². The van der Waals surface area contributed by atoms with Gasteiger partial charge in [0.25, 0.3) is 5.91 Å². The predicted octanol–water partition coefficient (Wildman–Crippen LogP) is 2.94. The molecule has 1 N–H and O–H groups in total. The first kappa shape index (κ1) is 19.3. The lowest BCUT2D eigenvalue weighted by Gasteiger charge is -2.35. The van der Waals surface area contributed by atoms with E-state index in [9.17, 15) is 9.59 Å². The third-order valence-corrected chi connectivity index (χ3v) is 5.74. The number of carbonyl (C=O) groups excluding carboxylic acids is 2. The fourth-order valence-corrected chi connectivity index (χ4v) is 3.70. The molecule has 0 unspecified atom stereocenters. The molecule has 0 radical (unpaired) electrons. The maximum absolute atomic E-state index is 12.5. The second-order valence-electron chi connectivity index (χ2n) is 7.54. The molecule has 2 aromatic rings. The van der Waals surface area contributed by atoms with E-state index in [2.05, 4.69) is 29.5 Å². The van der Waals surface area contributed by atoms with E-state index < -0.39 is 12.1 Å². The molecule has 7 heteroatoms. The number of rotatable bonds is 5. The van der Waals surface area contributed by atoms with Gasteiger partial charge in [-0.15, -0.1) is 5.10 Å². The van der Waals surface area contributed by atoms with Gasteiger partial charge in [-0.2, -0.15) is 0 Å². The normalized spacial score (nSPS) is 23.8. The van der Waals surface area contributed by atoms with Crippen molar-refractivity contribution in [1.29, 1.82) is 0 Å². The molecular weight excluding hydrogens is 344 g/mol. The molecule has 3 rings (SSSR count). The number of aromatic nitrogens is 3. The number of carbonyl (C=O) groups is 2. The second kappa shape index (κ2) is 8.06. The molecule has 0 spiro atoms. The van der Waals surface area contributed by atoms with Gasteiger partial charge in [0.2, 0.25) is 0 Å². The lowest BCUT2D eigenvalue weighted by atomic mass is 9.78. The van der Waals surface area contributed by atoms with E-state index in [1.54, 1.807) is 29.8 Å². The van der Waals surface area contributed by atoms with Crippen molar-refractivity contribution in [2.24, 2.45) is 11.8 Å². The molecule has 0 bridgehead atoms. The fraction of sp³-hybridized carbons (Fsp3) is 0.600. The zero-order valence-corrected chi connectivity index (χ0v) is 16.4. The summed E-state index contributed by atoms with van der Waals surface area (Å²) in [4.78, 5) is 24.9. The van der Waals surface area contributed by atoms with Gasteiger partial charge in [0.1, 0.15) is 5.52 Å². The third kappa shape index (κ3) is 4.12. The van der Waals surface area contributed by atoms with Gasteiger partial charge in [-0.1, -0.05) is 31.9 Å². The lowest BCUT2D eigenvalue weighted by Crippen LogP contribution is -2.47. The van der Waals surface area contributed by atoms with Crippen LogP contribution in [0.3, 0.4) is 0 Å². The molecule has 4 atom stereocenters. The highest BCUT2D eigenvalue weighted by Crippen LogP contribution is 2.29. The van der Waals surface area contributed by atoms with Crippen LogP contribution in [0.5, 0.6) is 0 Å². The molecule has 146 valence electrons. The van der Waals surface area contributed by atoms with Crippen molar-refractivity contribution in [1.82, 2.24) is 20.3 Å². The summed E-state index contributed by atoms with van der Waals surface area (Å²) in [5.41, 5.74) is 1.86. The molecule has 1 aliphatic carbocycles. The Kier molecular flexibility index (Phi) is 5.77. The average molecular weight is 372 g/mol. The summed E-state index contributed by atoms with van der Waals surface area (Å²) in [5.74, 6) is 0.238. The summed E-state index contributed by atoms with van der Waals surface area (Å²) >= 11 is 0. The van der Waals surface area contributed by atoms with Gasteiger partial charge in [-0.25, -0.2) is 9.48 Å². The monoisotopic (exact) mass is 372 g/mol.